The molecule has 2 rings (SSSR count). The Morgan fingerprint density at radius 3 is 2.57 bits per heavy atom. The zero-order chi connectivity index (χ0) is 15.5. The molecule has 0 aliphatic carbocycles. The van der Waals surface area contributed by atoms with Crippen molar-refractivity contribution in [2.24, 2.45) is 5.41 Å². The van der Waals surface area contributed by atoms with Gasteiger partial charge in [-0.25, -0.2) is 4.98 Å². The van der Waals surface area contributed by atoms with Crippen LogP contribution in [-0.4, -0.2) is 40.7 Å². The third-order valence-electron chi connectivity index (χ3n) is 4.24. The van der Waals surface area contributed by atoms with Crippen molar-refractivity contribution in [3.05, 3.63) is 11.8 Å². The van der Waals surface area contributed by atoms with Crippen LogP contribution in [0.2, 0.25) is 0 Å². The maximum atomic E-state index is 11.5. The Balaban J connectivity index is 2.13. The van der Waals surface area contributed by atoms with Gasteiger partial charge in [-0.15, -0.1) is 0 Å². The summed E-state index contributed by atoms with van der Waals surface area (Å²) < 4.78 is 5.45. The predicted octanol–water partition coefficient (Wildman–Crippen LogP) is 2.26. The normalized spacial score (nSPS) is 17.6. The zero-order valence-electron chi connectivity index (χ0n) is 12.9. The number of ether oxygens (including phenoxy) is 1. The summed E-state index contributed by atoms with van der Waals surface area (Å²) in [5.74, 6) is 0.518. The first-order chi connectivity index (χ1) is 10.0. The molecule has 1 aromatic heterocycles. The van der Waals surface area contributed by atoms with E-state index < -0.39 is 11.4 Å². The van der Waals surface area contributed by atoms with E-state index in [1.54, 1.807) is 0 Å². The fourth-order valence-corrected chi connectivity index (χ4v) is 2.74. The highest BCUT2D eigenvalue weighted by Gasteiger charge is 2.40. The molecule has 0 bridgehead atoms. The van der Waals surface area contributed by atoms with Crippen molar-refractivity contribution in [2.45, 2.75) is 40.0 Å². The van der Waals surface area contributed by atoms with Crippen molar-refractivity contribution >= 4 is 11.9 Å². The maximum absolute atomic E-state index is 11.5. The van der Waals surface area contributed by atoms with Gasteiger partial charge in [0.05, 0.1) is 12.0 Å². The van der Waals surface area contributed by atoms with E-state index in [0.717, 1.165) is 5.69 Å². The molecule has 0 radical (unpaired) electrons. The highest BCUT2D eigenvalue weighted by atomic mass is 16.5. The number of aromatic nitrogens is 2. The SMILES string of the molecule is CCOc1cc(C)nc(N2CCC(CC)(C(=O)O)CC2)n1. The number of aliphatic carboxylic acids is 1. The molecule has 1 saturated heterocycles. The molecule has 0 atom stereocenters. The Hall–Kier alpha value is -1.85. The summed E-state index contributed by atoms with van der Waals surface area (Å²) in [5, 5.41) is 9.43. The van der Waals surface area contributed by atoms with E-state index in [1.807, 2.05) is 31.7 Å². The van der Waals surface area contributed by atoms with Gasteiger partial charge in [0, 0.05) is 24.8 Å². The molecule has 1 N–H and O–H groups in total. The molecule has 0 aromatic carbocycles. The van der Waals surface area contributed by atoms with Crippen molar-refractivity contribution < 1.29 is 14.6 Å². The molecule has 6 heteroatoms. The minimum absolute atomic E-state index is 0.563. The highest BCUT2D eigenvalue weighted by molar-refractivity contribution is 5.75. The van der Waals surface area contributed by atoms with Gasteiger partial charge in [0.25, 0.3) is 0 Å². The number of hydrogen-bond donors (Lipinski definition) is 1. The number of carbonyl (C=O) groups is 1. The summed E-state index contributed by atoms with van der Waals surface area (Å²) >= 11 is 0. The lowest BCUT2D eigenvalue weighted by atomic mass is 9.76. The first-order valence-electron chi connectivity index (χ1n) is 7.47. The molecule has 2 heterocycles. The Labute approximate surface area is 125 Å². The average Bonchev–Trinajstić information content (AvgIpc) is 2.47. The maximum Gasteiger partial charge on any atom is 0.309 e. The highest BCUT2D eigenvalue weighted by Crippen LogP contribution is 2.36. The number of aryl methyl sites for hydroxylation is 1. The van der Waals surface area contributed by atoms with Gasteiger partial charge in [0.2, 0.25) is 11.8 Å². The number of carboxylic acids is 1. The Morgan fingerprint density at radius 1 is 1.38 bits per heavy atom. The average molecular weight is 293 g/mol. The van der Waals surface area contributed by atoms with Crippen molar-refractivity contribution in [1.29, 1.82) is 0 Å². The first kappa shape index (κ1) is 15.5. The van der Waals surface area contributed by atoms with Crippen LogP contribution in [-0.2, 0) is 4.79 Å². The van der Waals surface area contributed by atoms with Crippen LogP contribution in [0.15, 0.2) is 6.07 Å². The number of piperidine rings is 1. The molecule has 21 heavy (non-hydrogen) atoms. The molecular formula is C15H23N3O3. The van der Waals surface area contributed by atoms with E-state index in [4.69, 9.17) is 4.74 Å². The number of hydrogen-bond acceptors (Lipinski definition) is 5. The van der Waals surface area contributed by atoms with Gasteiger partial charge in [0.15, 0.2) is 0 Å². The largest absolute Gasteiger partial charge is 0.481 e. The summed E-state index contributed by atoms with van der Waals surface area (Å²) in [7, 11) is 0. The minimum Gasteiger partial charge on any atom is -0.481 e. The topological polar surface area (TPSA) is 75.5 Å². The molecule has 0 unspecified atom stereocenters. The lowest BCUT2D eigenvalue weighted by Crippen LogP contribution is -2.44. The molecular weight excluding hydrogens is 270 g/mol. The van der Waals surface area contributed by atoms with Crippen LogP contribution in [0, 0.1) is 12.3 Å². The van der Waals surface area contributed by atoms with Crippen molar-refractivity contribution in [2.75, 3.05) is 24.6 Å². The van der Waals surface area contributed by atoms with Gasteiger partial charge < -0.3 is 14.7 Å². The van der Waals surface area contributed by atoms with Crippen molar-refractivity contribution in [1.82, 2.24) is 9.97 Å². The molecule has 0 amide bonds. The summed E-state index contributed by atoms with van der Waals surface area (Å²) in [6.07, 6.45) is 1.91. The molecule has 1 aliphatic heterocycles. The summed E-state index contributed by atoms with van der Waals surface area (Å²) in [5.41, 5.74) is 0.261. The zero-order valence-corrected chi connectivity index (χ0v) is 12.9. The van der Waals surface area contributed by atoms with Gasteiger partial charge in [0.1, 0.15) is 0 Å². The van der Waals surface area contributed by atoms with Gasteiger partial charge in [-0.2, -0.15) is 4.98 Å². The van der Waals surface area contributed by atoms with E-state index in [9.17, 15) is 9.90 Å². The van der Waals surface area contributed by atoms with Crippen LogP contribution >= 0.6 is 0 Å². The van der Waals surface area contributed by atoms with E-state index in [0.29, 0.717) is 50.8 Å². The van der Waals surface area contributed by atoms with E-state index in [1.165, 1.54) is 0 Å². The van der Waals surface area contributed by atoms with Crippen molar-refractivity contribution in [3.63, 3.8) is 0 Å². The van der Waals surface area contributed by atoms with Gasteiger partial charge in [-0.3, -0.25) is 4.79 Å². The summed E-state index contributed by atoms with van der Waals surface area (Å²) in [6.45, 7) is 7.66. The molecule has 1 fully saturated rings. The molecule has 1 aromatic rings. The minimum atomic E-state index is -0.690. The quantitative estimate of drug-likeness (QED) is 0.897. The smallest absolute Gasteiger partial charge is 0.309 e. The van der Waals surface area contributed by atoms with Crippen LogP contribution in [0.4, 0.5) is 5.95 Å². The van der Waals surface area contributed by atoms with Gasteiger partial charge in [-0.1, -0.05) is 6.92 Å². The Bertz CT molecular complexity index is 511. The second-order valence-corrected chi connectivity index (χ2v) is 5.51. The van der Waals surface area contributed by atoms with Crippen LogP contribution in [0.25, 0.3) is 0 Å². The van der Waals surface area contributed by atoms with Crippen LogP contribution in [0.1, 0.15) is 38.8 Å². The van der Waals surface area contributed by atoms with E-state index in [-0.39, 0.29) is 0 Å². The van der Waals surface area contributed by atoms with Crippen molar-refractivity contribution in [3.8, 4) is 5.88 Å². The molecule has 6 nitrogen and oxygen atoms in total. The lowest BCUT2D eigenvalue weighted by molar-refractivity contribution is -0.150. The first-order valence-corrected chi connectivity index (χ1v) is 7.47. The third-order valence-corrected chi connectivity index (χ3v) is 4.24. The molecule has 1 aliphatic rings. The molecule has 0 spiro atoms. The Morgan fingerprint density at radius 2 is 2.05 bits per heavy atom. The number of rotatable bonds is 5. The predicted molar refractivity (Wildman–Crippen MR) is 79.7 cm³/mol. The fraction of sp³-hybridized carbons (Fsp3) is 0.667. The standard InChI is InChI=1S/C15H23N3O3/c1-4-15(13(19)20)6-8-18(9-7-15)14-16-11(3)10-12(17-14)21-5-2/h10H,4-9H2,1-3H3,(H,19,20). The second-order valence-electron chi connectivity index (χ2n) is 5.51. The Kier molecular flexibility index (Phi) is 4.65. The fourth-order valence-electron chi connectivity index (χ4n) is 2.74. The monoisotopic (exact) mass is 293 g/mol. The van der Waals surface area contributed by atoms with Gasteiger partial charge in [-0.05, 0) is 33.1 Å². The van der Waals surface area contributed by atoms with Gasteiger partial charge >= 0.3 is 5.97 Å². The third kappa shape index (κ3) is 3.25. The number of carboxylic acid groups (broad SMARTS) is 1. The summed E-state index contributed by atoms with van der Waals surface area (Å²) in [6, 6.07) is 1.81. The second kappa shape index (κ2) is 6.28. The van der Waals surface area contributed by atoms with E-state index >= 15 is 0 Å². The number of nitrogens with zero attached hydrogens (tertiary/aromatic N) is 3. The summed E-state index contributed by atoms with van der Waals surface area (Å²) in [4.78, 5) is 22.4. The lowest BCUT2D eigenvalue weighted by Gasteiger charge is -2.38. The molecule has 116 valence electrons. The van der Waals surface area contributed by atoms with Crippen LogP contribution < -0.4 is 9.64 Å². The number of anilines is 1. The van der Waals surface area contributed by atoms with Crippen LogP contribution in [0.3, 0.4) is 0 Å². The molecule has 0 saturated carbocycles. The van der Waals surface area contributed by atoms with E-state index in [2.05, 4.69) is 9.97 Å². The van der Waals surface area contributed by atoms with Crippen LogP contribution in [0.5, 0.6) is 5.88 Å².